The van der Waals surface area contributed by atoms with Gasteiger partial charge in [-0.05, 0) is 61.7 Å². The highest BCUT2D eigenvalue weighted by molar-refractivity contribution is 7.13. The zero-order valence-electron chi connectivity index (χ0n) is 16.9. The number of amides is 2. The third kappa shape index (κ3) is 5.64. The number of aryl methyl sites for hydroxylation is 3. The third-order valence-electron chi connectivity index (χ3n) is 4.48. The van der Waals surface area contributed by atoms with Crippen LogP contribution in [-0.2, 0) is 11.2 Å². The van der Waals surface area contributed by atoms with Gasteiger partial charge in [0.05, 0.1) is 10.7 Å². The average Bonchev–Trinajstić information content (AvgIpc) is 3.09. The van der Waals surface area contributed by atoms with Crippen LogP contribution in [0.25, 0.3) is 0 Å². The Morgan fingerprint density at radius 1 is 1.03 bits per heavy atom. The van der Waals surface area contributed by atoms with Crippen LogP contribution in [0.3, 0.4) is 0 Å². The van der Waals surface area contributed by atoms with Crippen LogP contribution in [-0.4, -0.2) is 23.4 Å². The van der Waals surface area contributed by atoms with E-state index in [1.807, 2.05) is 26.0 Å². The highest BCUT2D eigenvalue weighted by atomic mass is 32.1. The number of nitrogens with one attached hydrogen (secondary N) is 2. The number of aromatic nitrogens is 1. The van der Waals surface area contributed by atoms with Crippen molar-refractivity contribution < 1.29 is 18.7 Å². The average molecular weight is 428 g/mol. The molecule has 0 unspecified atom stereocenters. The van der Waals surface area contributed by atoms with Gasteiger partial charge in [0.25, 0.3) is 11.8 Å². The van der Waals surface area contributed by atoms with Crippen molar-refractivity contribution in [2.75, 3.05) is 6.61 Å². The van der Waals surface area contributed by atoms with Crippen LogP contribution in [0.1, 0.15) is 37.1 Å². The first-order chi connectivity index (χ1) is 14.3. The van der Waals surface area contributed by atoms with Crippen molar-refractivity contribution in [3.63, 3.8) is 0 Å². The fraction of sp³-hybridized carbons (Fsp3) is 0.227. The molecule has 6 nitrogen and oxygen atoms in total. The lowest BCUT2D eigenvalue weighted by Gasteiger charge is -2.09. The van der Waals surface area contributed by atoms with E-state index in [-0.39, 0.29) is 12.4 Å². The van der Waals surface area contributed by atoms with Gasteiger partial charge in [0, 0.05) is 6.42 Å². The van der Waals surface area contributed by atoms with Crippen LogP contribution < -0.4 is 15.6 Å². The number of hydrogen-bond acceptors (Lipinski definition) is 5. The number of hydrazine groups is 1. The summed E-state index contributed by atoms with van der Waals surface area (Å²) in [5.41, 5.74) is 8.39. The van der Waals surface area contributed by atoms with Crippen LogP contribution >= 0.6 is 11.3 Å². The topological polar surface area (TPSA) is 80.3 Å². The van der Waals surface area contributed by atoms with E-state index < -0.39 is 11.8 Å². The van der Waals surface area contributed by atoms with Gasteiger partial charge in [-0.2, -0.15) is 0 Å². The van der Waals surface area contributed by atoms with Gasteiger partial charge in [0.1, 0.15) is 16.4 Å². The quantitative estimate of drug-likeness (QED) is 0.589. The van der Waals surface area contributed by atoms with Gasteiger partial charge in [-0.1, -0.05) is 18.2 Å². The van der Waals surface area contributed by atoms with Crippen molar-refractivity contribution in [1.82, 2.24) is 15.8 Å². The summed E-state index contributed by atoms with van der Waals surface area (Å²) >= 11 is 1.23. The minimum Gasteiger partial charge on any atom is -0.484 e. The van der Waals surface area contributed by atoms with E-state index in [1.54, 1.807) is 25.1 Å². The third-order valence-corrected chi connectivity index (χ3v) is 5.64. The minimum absolute atomic E-state index is 0.222. The van der Waals surface area contributed by atoms with Crippen molar-refractivity contribution >= 4 is 23.2 Å². The van der Waals surface area contributed by atoms with E-state index >= 15 is 0 Å². The number of hydrogen-bond donors (Lipinski definition) is 2. The minimum atomic E-state index is -0.477. The molecule has 2 amide bonds. The summed E-state index contributed by atoms with van der Waals surface area (Å²) in [5, 5.41) is 0.730. The summed E-state index contributed by atoms with van der Waals surface area (Å²) in [6.45, 7) is 5.46. The van der Waals surface area contributed by atoms with Gasteiger partial charge in [-0.3, -0.25) is 20.4 Å². The standard InChI is InChI=1S/C22H22FN3O3S/c1-13-4-9-18(10-14(13)2)29-12-19(27)25-26-22(28)21-15(3)24-20(30-21)11-16-5-7-17(23)8-6-16/h4-10H,11-12H2,1-3H3,(H,25,27)(H,26,28). The van der Waals surface area contributed by atoms with Crippen molar-refractivity contribution in [2.45, 2.75) is 27.2 Å². The smallest absolute Gasteiger partial charge is 0.281 e. The summed E-state index contributed by atoms with van der Waals surface area (Å²) in [6, 6.07) is 11.7. The first kappa shape index (κ1) is 21.4. The Hall–Kier alpha value is -3.26. The van der Waals surface area contributed by atoms with Crippen molar-refractivity contribution in [1.29, 1.82) is 0 Å². The summed E-state index contributed by atoms with van der Waals surface area (Å²) in [5.74, 6) is -0.639. The first-order valence-electron chi connectivity index (χ1n) is 9.32. The van der Waals surface area contributed by atoms with E-state index in [4.69, 9.17) is 4.74 Å². The van der Waals surface area contributed by atoms with Gasteiger partial charge in [0.15, 0.2) is 6.61 Å². The maximum absolute atomic E-state index is 13.0. The van der Waals surface area contributed by atoms with Gasteiger partial charge in [-0.15, -0.1) is 11.3 Å². The molecule has 0 bridgehead atoms. The highest BCUT2D eigenvalue weighted by Gasteiger charge is 2.16. The first-order valence-corrected chi connectivity index (χ1v) is 10.1. The Morgan fingerprint density at radius 3 is 2.47 bits per heavy atom. The second-order valence-electron chi connectivity index (χ2n) is 6.86. The van der Waals surface area contributed by atoms with Crippen molar-refractivity contribution in [3.05, 3.63) is 80.6 Å². The fourth-order valence-electron chi connectivity index (χ4n) is 2.69. The number of halogens is 1. The van der Waals surface area contributed by atoms with E-state index in [0.717, 1.165) is 21.7 Å². The lowest BCUT2D eigenvalue weighted by molar-refractivity contribution is -0.123. The number of rotatable bonds is 6. The van der Waals surface area contributed by atoms with Crippen LogP contribution in [0.2, 0.25) is 0 Å². The second kappa shape index (κ2) is 9.49. The predicted molar refractivity (Wildman–Crippen MR) is 113 cm³/mol. The molecule has 8 heteroatoms. The molecule has 0 saturated carbocycles. The molecule has 2 aromatic carbocycles. The molecule has 0 aliphatic rings. The SMILES string of the molecule is Cc1ccc(OCC(=O)NNC(=O)c2sc(Cc3ccc(F)cc3)nc2C)cc1C. The Labute approximate surface area is 178 Å². The van der Waals surface area contributed by atoms with E-state index in [2.05, 4.69) is 15.8 Å². The molecule has 1 aromatic heterocycles. The molecule has 3 aromatic rings. The molecular formula is C22H22FN3O3S. The molecule has 0 atom stereocenters. The van der Waals surface area contributed by atoms with Gasteiger partial charge >= 0.3 is 0 Å². The van der Waals surface area contributed by atoms with Gasteiger partial charge in [0.2, 0.25) is 0 Å². The predicted octanol–water partition coefficient (Wildman–Crippen LogP) is 3.64. The Balaban J connectivity index is 1.51. The normalized spacial score (nSPS) is 10.5. The molecule has 30 heavy (non-hydrogen) atoms. The number of thiazole rings is 1. The lowest BCUT2D eigenvalue weighted by atomic mass is 10.1. The zero-order chi connectivity index (χ0) is 21.7. The number of nitrogens with zero attached hydrogens (tertiary/aromatic N) is 1. The summed E-state index contributed by atoms with van der Waals surface area (Å²) in [7, 11) is 0. The molecule has 1 heterocycles. The second-order valence-corrected chi connectivity index (χ2v) is 7.95. The largest absolute Gasteiger partial charge is 0.484 e. The van der Waals surface area contributed by atoms with Crippen molar-refractivity contribution in [3.8, 4) is 5.75 Å². The number of benzene rings is 2. The van der Waals surface area contributed by atoms with Crippen LogP contribution in [0, 0.1) is 26.6 Å². The molecule has 2 N–H and O–H groups in total. The highest BCUT2D eigenvalue weighted by Crippen LogP contribution is 2.21. The summed E-state index contributed by atoms with van der Waals surface area (Å²) < 4.78 is 18.5. The van der Waals surface area contributed by atoms with Crippen molar-refractivity contribution in [2.24, 2.45) is 0 Å². The van der Waals surface area contributed by atoms with E-state index in [0.29, 0.717) is 22.7 Å². The number of ether oxygens (including phenoxy) is 1. The molecule has 3 rings (SSSR count). The maximum Gasteiger partial charge on any atom is 0.281 e. The fourth-order valence-corrected chi connectivity index (χ4v) is 3.68. The molecule has 156 valence electrons. The summed E-state index contributed by atoms with van der Waals surface area (Å²) in [6.07, 6.45) is 0.495. The molecular weight excluding hydrogens is 405 g/mol. The molecule has 0 saturated heterocycles. The van der Waals surface area contributed by atoms with E-state index in [9.17, 15) is 14.0 Å². The maximum atomic E-state index is 13.0. The molecule has 0 fully saturated rings. The Bertz CT molecular complexity index is 1060. The molecule has 0 radical (unpaired) electrons. The summed E-state index contributed by atoms with van der Waals surface area (Å²) in [4.78, 5) is 29.2. The number of carbonyl (C=O) groups excluding carboxylic acids is 2. The lowest BCUT2D eigenvalue weighted by Crippen LogP contribution is -2.43. The van der Waals surface area contributed by atoms with Crippen LogP contribution in [0.4, 0.5) is 4.39 Å². The zero-order valence-corrected chi connectivity index (χ0v) is 17.7. The molecule has 0 spiro atoms. The van der Waals surface area contributed by atoms with Gasteiger partial charge in [-0.25, -0.2) is 9.37 Å². The van der Waals surface area contributed by atoms with Crippen LogP contribution in [0.5, 0.6) is 5.75 Å². The van der Waals surface area contributed by atoms with Crippen LogP contribution in [0.15, 0.2) is 42.5 Å². The van der Waals surface area contributed by atoms with Gasteiger partial charge < -0.3 is 4.74 Å². The van der Waals surface area contributed by atoms with E-state index in [1.165, 1.54) is 23.5 Å². The number of carbonyl (C=O) groups is 2. The monoisotopic (exact) mass is 427 g/mol. The molecule has 0 aliphatic carbocycles. The molecule has 0 aliphatic heterocycles. The Morgan fingerprint density at radius 2 is 1.77 bits per heavy atom. The Kier molecular flexibility index (Phi) is 6.79.